The molecule has 86 valence electrons. The van der Waals surface area contributed by atoms with E-state index in [1.54, 1.807) is 0 Å². The van der Waals surface area contributed by atoms with Gasteiger partial charge in [-0.15, -0.1) is 0 Å². The summed E-state index contributed by atoms with van der Waals surface area (Å²) in [5.74, 6) is 0.627. The summed E-state index contributed by atoms with van der Waals surface area (Å²) >= 11 is 6.21. The molecule has 3 nitrogen and oxygen atoms in total. The molecular weight excluding hydrogens is 210 g/mol. The Morgan fingerprint density at radius 1 is 1.53 bits per heavy atom. The zero-order valence-corrected chi connectivity index (χ0v) is 10.7. The van der Waals surface area contributed by atoms with Crippen LogP contribution in [-0.4, -0.2) is 23.4 Å². The second-order valence-electron chi connectivity index (χ2n) is 4.01. The lowest BCUT2D eigenvalue weighted by Gasteiger charge is -2.14. The van der Waals surface area contributed by atoms with Crippen LogP contribution >= 0.6 is 11.6 Å². The van der Waals surface area contributed by atoms with Gasteiger partial charge in [-0.2, -0.15) is 5.10 Å². The minimum absolute atomic E-state index is 0.627. The van der Waals surface area contributed by atoms with Crippen molar-refractivity contribution in [3.63, 3.8) is 0 Å². The summed E-state index contributed by atoms with van der Waals surface area (Å²) in [7, 11) is 3.94. The van der Waals surface area contributed by atoms with Crippen molar-refractivity contribution in [2.75, 3.05) is 13.6 Å². The fourth-order valence-electron chi connectivity index (χ4n) is 1.82. The van der Waals surface area contributed by atoms with Gasteiger partial charge in [0.1, 0.15) is 0 Å². The monoisotopic (exact) mass is 229 g/mol. The van der Waals surface area contributed by atoms with Gasteiger partial charge in [0.05, 0.1) is 16.4 Å². The van der Waals surface area contributed by atoms with Gasteiger partial charge in [0.25, 0.3) is 0 Å². The molecule has 0 fully saturated rings. The summed E-state index contributed by atoms with van der Waals surface area (Å²) in [6.45, 7) is 5.18. The molecule has 1 atom stereocenters. The van der Waals surface area contributed by atoms with Gasteiger partial charge in [0.2, 0.25) is 0 Å². The lowest BCUT2D eigenvalue weighted by molar-refractivity contribution is 0.466. The van der Waals surface area contributed by atoms with Crippen LogP contribution in [0.4, 0.5) is 0 Å². The molecular formula is C11H20ClN3. The van der Waals surface area contributed by atoms with Gasteiger partial charge in [0.15, 0.2) is 0 Å². The molecule has 0 aliphatic rings. The average Bonchev–Trinajstić information content (AvgIpc) is 2.44. The molecule has 0 bridgehead atoms. The summed E-state index contributed by atoms with van der Waals surface area (Å²) in [4.78, 5) is 0. The van der Waals surface area contributed by atoms with Crippen molar-refractivity contribution in [3.05, 3.63) is 16.4 Å². The molecule has 1 aromatic heterocycles. The Morgan fingerprint density at radius 3 is 2.60 bits per heavy atom. The highest BCUT2D eigenvalue weighted by Gasteiger charge is 2.15. The molecule has 15 heavy (non-hydrogen) atoms. The molecule has 0 spiro atoms. The van der Waals surface area contributed by atoms with Gasteiger partial charge in [-0.05, 0) is 32.9 Å². The van der Waals surface area contributed by atoms with E-state index in [0.29, 0.717) is 5.92 Å². The van der Waals surface area contributed by atoms with Gasteiger partial charge in [-0.3, -0.25) is 4.68 Å². The Labute approximate surface area is 96.8 Å². The van der Waals surface area contributed by atoms with Gasteiger partial charge in [-0.25, -0.2) is 0 Å². The van der Waals surface area contributed by atoms with Crippen LogP contribution in [-0.2, 0) is 13.5 Å². The minimum Gasteiger partial charge on any atom is -0.319 e. The number of halogens is 1. The second-order valence-corrected chi connectivity index (χ2v) is 4.38. The number of hydrogen-bond acceptors (Lipinski definition) is 2. The van der Waals surface area contributed by atoms with Crippen molar-refractivity contribution in [2.45, 2.75) is 26.7 Å². The van der Waals surface area contributed by atoms with Crippen LogP contribution < -0.4 is 5.32 Å². The Bertz CT molecular complexity index is 320. The Kier molecular flexibility index (Phi) is 4.61. The topological polar surface area (TPSA) is 29.9 Å². The number of hydrogen-bond donors (Lipinski definition) is 1. The van der Waals surface area contributed by atoms with E-state index < -0.39 is 0 Å². The van der Waals surface area contributed by atoms with Gasteiger partial charge in [0, 0.05) is 7.05 Å². The largest absolute Gasteiger partial charge is 0.319 e. The van der Waals surface area contributed by atoms with Crippen molar-refractivity contribution < 1.29 is 0 Å². The van der Waals surface area contributed by atoms with Gasteiger partial charge < -0.3 is 5.32 Å². The lowest BCUT2D eigenvalue weighted by Crippen LogP contribution is -2.21. The van der Waals surface area contributed by atoms with E-state index in [1.807, 2.05) is 25.7 Å². The van der Waals surface area contributed by atoms with Crippen molar-refractivity contribution in [3.8, 4) is 0 Å². The summed E-state index contributed by atoms with van der Waals surface area (Å²) in [6.07, 6.45) is 2.15. The standard InChI is InChI=1S/C11H20ClN3/c1-5-9(7-13-3)6-10-11(12)8(2)14-15(10)4/h9,13H,5-7H2,1-4H3. The zero-order chi connectivity index (χ0) is 11.4. The average molecular weight is 230 g/mol. The second kappa shape index (κ2) is 5.52. The molecule has 0 saturated heterocycles. The molecule has 1 heterocycles. The molecule has 0 amide bonds. The highest BCUT2D eigenvalue weighted by molar-refractivity contribution is 6.31. The SMILES string of the molecule is CCC(CNC)Cc1c(Cl)c(C)nn1C. The maximum atomic E-state index is 6.21. The third-order valence-electron chi connectivity index (χ3n) is 2.81. The summed E-state index contributed by atoms with van der Waals surface area (Å²) < 4.78 is 1.90. The first kappa shape index (κ1) is 12.5. The Balaban J connectivity index is 2.78. The number of aromatic nitrogens is 2. The molecule has 0 saturated carbocycles. The van der Waals surface area contributed by atoms with Crippen molar-refractivity contribution in [1.82, 2.24) is 15.1 Å². The van der Waals surface area contributed by atoms with Gasteiger partial charge in [-0.1, -0.05) is 24.9 Å². The lowest BCUT2D eigenvalue weighted by atomic mass is 10.00. The predicted molar refractivity (Wildman–Crippen MR) is 64.4 cm³/mol. The first-order valence-corrected chi connectivity index (χ1v) is 5.80. The first-order chi connectivity index (χ1) is 7.10. The number of nitrogens with one attached hydrogen (secondary N) is 1. The van der Waals surface area contributed by atoms with Crippen LogP contribution in [0.25, 0.3) is 0 Å². The van der Waals surface area contributed by atoms with Crippen molar-refractivity contribution in [2.24, 2.45) is 13.0 Å². The summed E-state index contributed by atoms with van der Waals surface area (Å²) in [6, 6.07) is 0. The van der Waals surface area contributed by atoms with E-state index in [-0.39, 0.29) is 0 Å². The van der Waals surface area contributed by atoms with E-state index >= 15 is 0 Å². The fraction of sp³-hybridized carbons (Fsp3) is 0.727. The highest BCUT2D eigenvalue weighted by Crippen LogP contribution is 2.23. The van der Waals surface area contributed by atoms with Crippen LogP contribution in [0.5, 0.6) is 0 Å². The number of nitrogens with zero attached hydrogens (tertiary/aromatic N) is 2. The quantitative estimate of drug-likeness (QED) is 0.839. The minimum atomic E-state index is 0.627. The first-order valence-electron chi connectivity index (χ1n) is 5.42. The fourth-order valence-corrected chi connectivity index (χ4v) is 2.06. The van der Waals surface area contributed by atoms with Crippen LogP contribution in [0.2, 0.25) is 5.02 Å². The molecule has 1 aromatic rings. The predicted octanol–water partition coefficient (Wildman–Crippen LogP) is 2.17. The maximum Gasteiger partial charge on any atom is 0.0847 e. The molecule has 4 heteroatoms. The molecule has 0 aliphatic heterocycles. The van der Waals surface area contributed by atoms with Crippen LogP contribution in [0.3, 0.4) is 0 Å². The van der Waals surface area contributed by atoms with E-state index in [9.17, 15) is 0 Å². The van der Waals surface area contributed by atoms with Crippen molar-refractivity contribution >= 4 is 11.6 Å². The van der Waals surface area contributed by atoms with Crippen molar-refractivity contribution in [1.29, 1.82) is 0 Å². The zero-order valence-electron chi connectivity index (χ0n) is 9.97. The molecule has 1 unspecified atom stereocenters. The molecule has 1 N–H and O–H groups in total. The summed E-state index contributed by atoms with van der Waals surface area (Å²) in [5, 5.41) is 8.36. The molecule has 0 aromatic carbocycles. The third-order valence-corrected chi connectivity index (χ3v) is 3.31. The Morgan fingerprint density at radius 2 is 2.20 bits per heavy atom. The molecule has 0 aliphatic carbocycles. The normalized spacial score (nSPS) is 13.1. The summed E-state index contributed by atoms with van der Waals surface area (Å²) in [5.41, 5.74) is 2.07. The number of aryl methyl sites for hydroxylation is 2. The van der Waals surface area contributed by atoms with E-state index in [2.05, 4.69) is 17.3 Å². The molecule has 1 rings (SSSR count). The van der Waals surface area contributed by atoms with Crippen LogP contribution in [0, 0.1) is 12.8 Å². The van der Waals surface area contributed by atoms with Crippen LogP contribution in [0.1, 0.15) is 24.7 Å². The molecule has 0 radical (unpaired) electrons. The van der Waals surface area contributed by atoms with E-state index in [1.165, 1.54) is 0 Å². The van der Waals surface area contributed by atoms with Crippen LogP contribution in [0.15, 0.2) is 0 Å². The highest BCUT2D eigenvalue weighted by atomic mass is 35.5. The smallest absolute Gasteiger partial charge is 0.0847 e. The number of rotatable bonds is 5. The maximum absolute atomic E-state index is 6.21. The van der Waals surface area contributed by atoms with Gasteiger partial charge >= 0.3 is 0 Å². The van der Waals surface area contributed by atoms with E-state index in [4.69, 9.17) is 11.6 Å². The van der Waals surface area contributed by atoms with E-state index in [0.717, 1.165) is 35.8 Å². The Hall–Kier alpha value is -0.540. The third kappa shape index (κ3) is 2.95.